The molecule has 1 fully saturated rings. The Kier molecular flexibility index (Phi) is 6.58. The van der Waals surface area contributed by atoms with Crippen LogP contribution in [0.15, 0.2) is 42.5 Å². The van der Waals surface area contributed by atoms with Crippen molar-refractivity contribution >= 4 is 17.5 Å². The molecular weight excluding hydrogens is 366 g/mol. The second kappa shape index (κ2) is 9.11. The van der Waals surface area contributed by atoms with Gasteiger partial charge in [-0.05, 0) is 61.6 Å². The number of amides is 1. The standard InChI is InChI=1S/C21H24ClNO4/c1-26-20-12-15(21(25)23-17-7-9-18(24)10-8-17)4-11-19(20)27-13-14-2-5-16(22)6-3-14/h2-6,11-12,17-18,24H,7-10,13H2,1H3,(H,23,25). The number of aliphatic hydroxyl groups excluding tert-OH is 1. The molecule has 5 nitrogen and oxygen atoms in total. The number of aliphatic hydroxyl groups is 1. The van der Waals surface area contributed by atoms with Gasteiger partial charge < -0.3 is 19.9 Å². The number of ether oxygens (including phenoxy) is 2. The number of hydrogen-bond donors (Lipinski definition) is 2. The van der Waals surface area contributed by atoms with Crippen LogP contribution >= 0.6 is 11.6 Å². The zero-order valence-corrected chi connectivity index (χ0v) is 16.0. The molecule has 1 aliphatic rings. The van der Waals surface area contributed by atoms with Gasteiger partial charge >= 0.3 is 0 Å². The van der Waals surface area contributed by atoms with E-state index in [1.54, 1.807) is 25.3 Å². The lowest BCUT2D eigenvalue weighted by molar-refractivity contribution is 0.0867. The third-order valence-corrected chi connectivity index (χ3v) is 5.02. The Morgan fingerprint density at radius 3 is 2.48 bits per heavy atom. The average Bonchev–Trinajstić information content (AvgIpc) is 2.69. The van der Waals surface area contributed by atoms with Gasteiger partial charge in [-0.15, -0.1) is 0 Å². The van der Waals surface area contributed by atoms with Crippen LogP contribution in [-0.4, -0.2) is 30.3 Å². The van der Waals surface area contributed by atoms with Crippen molar-refractivity contribution in [1.29, 1.82) is 0 Å². The van der Waals surface area contributed by atoms with E-state index in [0.717, 1.165) is 31.2 Å². The predicted molar refractivity (Wildman–Crippen MR) is 105 cm³/mol. The van der Waals surface area contributed by atoms with E-state index >= 15 is 0 Å². The summed E-state index contributed by atoms with van der Waals surface area (Å²) in [5, 5.41) is 13.3. The monoisotopic (exact) mass is 389 g/mol. The quantitative estimate of drug-likeness (QED) is 0.784. The van der Waals surface area contributed by atoms with Crippen LogP contribution in [0.2, 0.25) is 5.02 Å². The van der Waals surface area contributed by atoms with Crippen molar-refractivity contribution < 1.29 is 19.4 Å². The number of methoxy groups -OCH3 is 1. The molecule has 3 rings (SSSR count). The number of benzene rings is 2. The van der Waals surface area contributed by atoms with Gasteiger partial charge in [0, 0.05) is 16.6 Å². The highest BCUT2D eigenvalue weighted by molar-refractivity contribution is 6.30. The van der Waals surface area contributed by atoms with Gasteiger partial charge in [-0.3, -0.25) is 4.79 Å². The van der Waals surface area contributed by atoms with Crippen LogP contribution in [0, 0.1) is 0 Å². The summed E-state index contributed by atoms with van der Waals surface area (Å²) in [5.41, 5.74) is 1.51. The molecule has 2 aromatic rings. The van der Waals surface area contributed by atoms with Gasteiger partial charge in [0.2, 0.25) is 0 Å². The molecular formula is C21H24ClNO4. The first-order valence-electron chi connectivity index (χ1n) is 9.09. The van der Waals surface area contributed by atoms with Crippen molar-refractivity contribution in [2.45, 2.75) is 44.4 Å². The number of hydrogen-bond acceptors (Lipinski definition) is 4. The third-order valence-electron chi connectivity index (χ3n) is 4.77. The van der Waals surface area contributed by atoms with Crippen molar-refractivity contribution in [3.63, 3.8) is 0 Å². The summed E-state index contributed by atoms with van der Waals surface area (Å²) in [4.78, 5) is 12.5. The second-order valence-corrected chi connectivity index (χ2v) is 7.20. The minimum absolute atomic E-state index is 0.104. The molecule has 1 amide bonds. The molecule has 0 atom stereocenters. The molecule has 0 unspecified atom stereocenters. The lowest BCUT2D eigenvalue weighted by Crippen LogP contribution is -2.38. The van der Waals surface area contributed by atoms with E-state index in [2.05, 4.69) is 5.32 Å². The molecule has 0 saturated heterocycles. The number of halogens is 1. The Labute approximate surface area is 164 Å². The first-order valence-corrected chi connectivity index (χ1v) is 9.47. The number of nitrogens with one attached hydrogen (secondary N) is 1. The molecule has 0 spiro atoms. The summed E-state index contributed by atoms with van der Waals surface area (Å²) in [6.07, 6.45) is 2.81. The molecule has 27 heavy (non-hydrogen) atoms. The van der Waals surface area contributed by atoms with Crippen molar-refractivity contribution in [3.8, 4) is 11.5 Å². The van der Waals surface area contributed by atoms with E-state index in [9.17, 15) is 9.90 Å². The van der Waals surface area contributed by atoms with Gasteiger partial charge in [0.15, 0.2) is 11.5 Å². The number of carbonyl (C=O) groups excluding carboxylic acids is 1. The van der Waals surface area contributed by atoms with Gasteiger partial charge in [-0.25, -0.2) is 0 Å². The van der Waals surface area contributed by atoms with E-state index in [-0.39, 0.29) is 18.1 Å². The Hall–Kier alpha value is -2.24. The fourth-order valence-corrected chi connectivity index (χ4v) is 3.28. The summed E-state index contributed by atoms with van der Waals surface area (Å²) in [6, 6.07) is 12.7. The third kappa shape index (κ3) is 5.37. The van der Waals surface area contributed by atoms with Crippen molar-refractivity contribution in [2.75, 3.05) is 7.11 Å². The average molecular weight is 390 g/mol. The van der Waals surface area contributed by atoms with Crippen molar-refractivity contribution in [1.82, 2.24) is 5.32 Å². The molecule has 1 aliphatic carbocycles. The van der Waals surface area contributed by atoms with Crippen LogP contribution in [-0.2, 0) is 6.61 Å². The van der Waals surface area contributed by atoms with E-state index in [1.165, 1.54) is 0 Å². The summed E-state index contributed by atoms with van der Waals surface area (Å²) < 4.78 is 11.2. The second-order valence-electron chi connectivity index (χ2n) is 6.76. The maximum atomic E-state index is 12.5. The van der Waals surface area contributed by atoms with Gasteiger partial charge in [0.25, 0.3) is 5.91 Å². The van der Waals surface area contributed by atoms with E-state index < -0.39 is 0 Å². The maximum Gasteiger partial charge on any atom is 0.251 e. The van der Waals surface area contributed by atoms with E-state index in [1.807, 2.05) is 24.3 Å². The van der Waals surface area contributed by atoms with Crippen LogP contribution in [0.4, 0.5) is 0 Å². The molecule has 0 aromatic heterocycles. The highest BCUT2D eigenvalue weighted by Gasteiger charge is 2.21. The fraction of sp³-hybridized carbons (Fsp3) is 0.381. The molecule has 0 aliphatic heterocycles. The van der Waals surface area contributed by atoms with E-state index in [0.29, 0.717) is 28.7 Å². The molecule has 2 aromatic carbocycles. The first-order chi connectivity index (χ1) is 13.0. The van der Waals surface area contributed by atoms with Crippen LogP contribution in [0.3, 0.4) is 0 Å². The van der Waals surface area contributed by atoms with Crippen LogP contribution in [0.1, 0.15) is 41.6 Å². The molecule has 1 saturated carbocycles. The van der Waals surface area contributed by atoms with Crippen molar-refractivity contribution in [2.24, 2.45) is 0 Å². The number of carbonyl (C=O) groups is 1. The molecule has 0 radical (unpaired) electrons. The smallest absolute Gasteiger partial charge is 0.251 e. The highest BCUT2D eigenvalue weighted by atomic mass is 35.5. The van der Waals surface area contributed by atoms with Crippen molar-refractivity contribution in [3.05, 3.63) is 58.6 Å². The van der Waals surface area contributed by atoms with Crippen LogP contribution in [0.25, 0.3) is 0 Å². The summed E-state index contributed by atoms with van der Waals surface area (Å²) in [6.45, 7) is 0.378. The Bertz CT molecular complexity index is 770. The summed E-state index contributed by atoms with van der Waals surface area (Å²) in [5.74, 6) is 0.944. The fourth-order valence-electron chi connectivity index (χ4n) is 3.16. The minimum Gasteiger partial charge on any atom is -0.493 e. The highest BCUT2D eigenvalue weighted by Crippen LogP contribution is 2.29. The Morgan fingerprint density at radius 1 is 1.11 bits per heavy atom. The minimum atomic E-state index is -0.240. The van der Waals surface area contributed by atoms with Gasteiger partial charge in [0.05, 0.1) is 13.2 Å². The lowest BCUT2D eigenvalue weighted by Gasteiger charge is -2.26. The largest absolute Gasteiger partial charge is 0.493 e. The molecule has 144 valence electrons. The van der Waals surface area contributed by atoms with Gasteiger partial charge in [0.1, 0.15) is 6.61 Å². The molecule has 2 N–H and O–H groups in total. The maximum absolute atomic E-state index is 12.5. The number of rotatable bonds is 6. The molecule has 6 heteroatoms. The van der Waals surface area contributed by atoms with E-state index in [4.69, 9.17) is 21.1 Å². The summed E-state index contributed by atoms with van der Waals surface area (Å²) in [7, 11) is 1.55. The van der Waals surface area contributed by atoms with Crippen LogP contribution in [0.5, 0.6) is 11.5 Å². The van der Waals surface area contributed by atoms with Crippen LogP contribution < -0.4 is 14.8 Å². The zero-order valence-electron chi connectivity index (χ0n) is 15.3. The Morgan fingerprint density at radius 2 is 1.81 bits per heavy atom. The first kappa shape index (κ1) is 19.5. The SMILES string of the molecule is COc1cc(C(=O)NC2CCC(O)CC2)ccc1OCc1ccc(Cl)cc1. The normalized spacial score (nSPS) is 19.4. The topological polar surface area (TPSA) is 67.8 Å². The zero-order chi connectivity index (χ0) is 19.2. The van der Waals surface area contributed by atoms with Gasteiger partial charge in [-0.1, -0.05) is 23.7 Å². The Balaban J connectivity index is 1.62. The summed E-state index contributed by atoms with van der Waals surface area (Å²) >= 11 is 5.89. The molecule has 0 bridgehead atoms. The molecule has 0 heterocycles. The van der Waals surface area contributed by atoms with Gasteiger partial charge in [-0.2, -0.15) is 0 Å². The lowest BCUT2D eigenvalue weighted by atomic mass is 9.93. The predicted octanol–water partition coefficient (Wildman–Crippen LogP) is 3.96.